The average molecular weight is 280 g/mol. The fraction of sp³-hybridized carbons (Fsp3) is 0.333. The predicted octanol–water partition coefficient (Wildman–Crippen LogP) is 2.67. The van der Waals surface area contributed by atoms with E-state index in [1.54, 1.807) is 0 Å². The molecular formula is C12H14BrN3. The van der Waals surface area contributed by atoms with E-state index in [9.17, 15) is 0 Å². The number of aryl methyl sites for hydroxylation is 3. The van der Waals surface area contributed by atoms with Gasteiger partial charge in [-0.2, -0.15) is 0 Å². The number of rotatable bonds is 3. The molecule has 0 unspecified atom stereocenters. The van der Waals surface area contributed by atoms with Gasteiger partial charge in [0.15, 0.2) is 0 Å². The fourth-order valence-corrected chi connectivity index (χ4v) is 2.15. The van der Waals surface area contributed by atoms with Crippen molar-refractivity contribution in [3.8, 4) is 0 Å². The molecule has 2 heterocycles. The summed E-state index contributed by atoms with van der Waals surface area (Å²) in [5, 5.41) is 0. The van der Waals surface area contributed by atoms with Gasteiger partial charge in [0.05, 0.1) is 5.69 Å². The second-order valence-corrected chi connectivity index (χ2v) is 4.53. The van der Waals surface area contributed by atoms with Crippen LogP contribution in [0.3, 0.4) is 0 Å². The van der Waals surface area contributed by atoms with Crippen LogP contribution in [0.1, 0.15) is 17.2 Å². The number of hydrogen-bond donors (Lipinski definition) is 0. The Morgan fingerprint density at radius 1 is 1.31 bits per heavy atom. The van der Waals surface area contributed by atoms with E-state index in [2.05, 4.69) is 25.9 Å². The first-order valence-electron chi connectivity index (χ1n) is 5.26. The van der Waals surface area contributed by atoms with Crippen LogP contribution in [-0.2, 0) is 19.9 Å². The molecule has 3 nitrogen and oxygen atoms in total. The Labute approximate surface area is 104 Å². The van der Waals surface area contributed by atoms with E-state index < -0.39 is 0 Å². The third-order valence-corrected chi connectivity index (χ3v) is 3.65. The summed E-state index contributed by atoms with van der Waals surface area (Å²) in [5.41, 5.74) is 2.21. The molecule has 4 heteroatoms. The van der Waals surface area contributed by atoms with Gasteiger partial charge < -0.3 is 4.57 Å². The molecule has 0 saturated heterocycles. The van der Waals surface area contributed by atoms with Gasteiger partial charge in [-0.3, -0.25) is 4.98 Å². The van der Waals surface area contributed by atoms with Gasteiger partial charge in [-0.25, -0.2) is 4.98 Å². The van der Waals surface area contributed by atoms with Crippen molar-refractivity contribution in [2.24, 2.45) is 7.05 Å². The van der Waals surface area contributed by atoms with Crippen molar-refractivity contribution in [3.05, 3.63) is 46.2 Å². The van der Waals surface area contributed by atoms with Crippen LogP contribution in [0.2, 0.25) is 0 Å². The molecule has 0 spiro atoms. The maximum Gasteiger partial charge on any atom is 0.108 e. The maximum absolute atomic E-state index is 4.51. The number of imidazole rings is 1. The molecule has 0 N–H and O–H groups in total. The summed E-state index contributed by atoms with van der Waals surface area (Å²) in [6.45, 7) is 2.01. The number of pyridine rings is 1. The van der Waals surface area contributed by atoms with Gasteiger partial charge in [0.25, 0.3) is 0 Å². The van der Waals surface area contributed by atoms with E-state index in [-0.39, 0.29) is 0 Å². The molecule has 0 aliphatic heterocycles. The van der Waals surface area contributed by atoms with E-state index in [4.69, 9.17) is 0 Å². The van der Waals surface area contributed by atoms with Gasteiger partial charge in [0.1, 0.15) is 10.4 Å². The number of hydrogen-bond acceptors (Lipinski definition) is 2. The Hall–Kier alpha value is -1.16. The molecule has 0 bridgehead atoms. The molecular weight excluding hydrogens is 266 g/mol. The van der Waals surface area contributed by atoms with Crippen molar-refractivity contribution in [1.82, 2.24) is 14.5 Å². The van der Waals surface area contributed by atoms with E-state index in [1.807, 2.05) is 42.9 Å². The third-order valence-electron chi connectivity index (χ3n) is 2.66. The highest BCUT2D eigenvalue weighted by molar-refractivity contribution is 9.10. The minimum absolute atomic E-state index is 0.916. The highest BCUT2D eigenvalue weighted by atomic mass is 79.9. The molecule has 0 radical (unpaired) electrons. The van der Waals surface area contributed by atoms with Crippen LogP contribution >= 0.6 is 15.9 Å². The molecule has 0 amide bonds. The van der Waals surface area contributed by atoms with Crippen LogP contribution in [0.15, 0.2) is 29.0 Å². The van der Waals surface area contributed by atoms with Crippen LogP contribution < -0.4 is 0 Å². The zero-order valence-electron chi connectivity index (χ0n) is 9.44. The molecule has 0 aliphatic rings. The molecule has 2 aromatic heterocycles. The summed E-state index contributed by atoms with van der Waals surface area (Å²) >= 11 is 3.55. The molecule has 2 rings (SSSR count). The standard InChI is InChI=1S/C12H14BrN3/c1-9-15-11(12(13)16(9)2)7-6-10-5-3-4-8-14-10/h3-5,8H,6-7H2,1-2H3. The second kappa shape index (κ2) is 4.78. The zero-order valence-corrected chi connectivity index (χ0v) is 11.0. The lowest BCUT2D eigenvalue weighted by Crippen LogP contribution is -1.95. The Kier molecular flexibility index (Phi) is 3.39. The second-order valence-electron chi connectivity index (χ2n) is 3.78. The minimum atomic E-state index is 0.916. The van der Waals surface area contributed by atoms with E-state index >= 15 is 0 Å². The SMILES string of the molecule is Cc1nc(CCc2ccccn2)c(Br)n1C. The van der Waals surface area contributed by atoms with Crippen LogP contribution in [0.25, 0.3) is 0 Å². The average Bonchev–Trinajstić information content (AvgIpc) is 2.56. The van der Waals surface area contributed by atoms with Gasteiger partial charge in [0, 0.05) is 18.9 Å². The molecule has 0 aromatic carbocycles. The quantitative estimate of drug-likeness (QED) is 0.865. The van der Waals surface area contributed by atoms with Crippen molar-refractivity contribution in [2.75, 3.05) is 0 Å². The monoisotopic (exact) mass is 279 g/mol. The van der Waals surface area contributed by atoms with Gasteiger partial charge in [-0.15, -0.1) is 0 Å². The summed E-state index contributed by atoms with van der Waals surface area (Å²) in [7, 11) is 2.01. The topological polar surface area (TPSA) is 30.7 Å². The van der Waals surface area contributed by atoms with Gasteiger partial charge in [0.2, 0.25) is 0 Å². The van der Waals surface area contributed by atoms with Crippen LogP contribution in [-0.4, -0.2) is 14.5 Å². The van der Waals surface area contributed by atoms with E-state index in [0.29, 0.717) is 0 Å². The molecule has 0 saturated carbocycles. The Bertz CT molecular complexity index is 477. The zero-order chi connectivity index (χ0) is 11.5. The lowest BCUT2D eigenvalue weighted by Gasteiger charge is -1.99. The smallest absolute Gasteiger partial charge is 0.108 e. The van der Waals surface area contributed by atoms with E-state index in [0.717, 1.165) is 34.7 Å². The Morgan fingerprint density at radius 2 is 2.12 bits per heavy atom. The lowest BCUT2D eigenvalue weighted by atomic mass is 10.2. The molecule has 16 heavy (non-hydrogen) atoms. The molecule has 2 aromatic rings. The van der Waals surface area contributed by atoms with Crippen molar-refractivity contribution < 1.29 is 0 Å². The molecule has 84 valence electrons. The first-order chi connectivity index (χ1) is 7.68. The minimum Gasteiger partial charge on any atom is -0.326 e. The first-order valence-corrected chi connectivity index (χ1v) is 6.05. The van der Waals surface area contributed by atoms with Crippen LogP contribution in [0, 0.1) is 6.92 Å². The Balaban J connectivity index is 2.08. The highest BCUT2D eigenvalue weighted by Gasteiger charge is 2.09. The molecule has 0 fully saturated rings. The first kappa shape index (κ1) is 11.3. The summed E-state index contributed by atoms with van der Waals surface area (Å²) in [6, 6.07) is 6.00. The van der Waals surface area contributed by atoms with Crippen LogP contribution in [0.4, 0.5) is 0 Å². The van der Waals surface area contributed by atoms with Crippen molar-refractivity contribution in [3.63, 3.8) is 0 Å². The largest absolute Gasteiger partial charge is 0.326 e. The maximum atomic E-state index is 4.51. The van der Waals surface area contributed by atoms with Crippen molar-refractivity contribution in [2.45, 2.75) is 19.8 Å². The number of aromatic nitrogens is 3. The number of halogens is 1. The normalized spacial score (nSPS) is 10.7. The van der Waals surface area contributed by atoms with Gasteiger partial charge in [-0.05, 0) is 47.8 Å². The van der Waals surface area contributed by atoms with Crippen LogP contribution in [0.5, 0.6) is 0 Å². The highest BCUT2D eigenvalue weighted by Crippen LogP contribution is 2.18. The predicted molar refractivity (Wildman–Crippen MR) is 67.3 cm³/mol. The summed E-state index contributed by atoms with van der Waals surface area (Å²) in [6.07, 6.45) is 3.67. The third kappa shape index (κ3) is 2.32. The van der Waals surface area contributed by atoms with Crippen molar-refractivity contribution >= 4 is 15.9 Å². The van der Waals surface area contributed by atoms with E-state index in [1.165, 1.54) is 0 Å². The van der Waals surface area contributed by atoms with Gasteiger partial charge in [-0.1, -0.05) is 6.07 Å². The Morgan fingerprint density at radius 3 is 2.69 bits per heavy atom. The molecule has 0 aliphatic carbocycles. The lowest BCUT2D eigenvalue weighted by molar-refractivity contribution is 0.837. The summed E-state index contributed by atoms with van der Waals surface area (Å²) in [4.78, 5) is 8.82. The van der Waals surface area contributed by atoms with Gasteiger partial charge >= 0.3 is 0 Å². The fourth-order valence-electron chi connectivity index (χ4n) is 1.60. The van der Waals surface area contributed by atoms with Crippen molar-refractivity contribution in [1.29, 1.82) is 0 Å². The summed E-state index contributed by atoms with van der Waals surface area (Å²) in [5.74, 6) is 1.03. The number of nitrogens with zero attached hydrogens (tertiary/aromatic N) is 3. The summed E-state index contributed by atoms with van der Waals surface area (Å²) < 4.78 is 3.12. The molecule has 0 atom stereocenters.